The van der Waals surface area contributed by atoms with Crippen LogP contribution in [0.1, 0.15) is 11.1 Å². The topological polar surface area (TPSA) is 30.9 Å². The van der Waals surface area contributed by atoms with Gasteiger partial charge in [-0.2, -0.15) is 13.2 Å². The van der Waals surface area contributed by atoms with Crippen molar-refractivity contribution in [2.24, 2.45) is 12.8 Å². The molecule has 2 nitrogen and oxygen atoms in total. The monoisotopic (exact) mass is 228 g/mol. The first-order chi connectivity index (χ1) is 7.43. The second-order valence-electron chi connectivity index (χ2n) is 3.70. The van der Waals surface area contributed by atoms with Crippen LogP contribution < -0.4 is 5.73 Å². The predicted octanol–water partition coefficient (Wildman–Crippen LogP) is 2.66. The van der Waals surface area contributed by atoms with Crippen molar-refractivity contribution in [3.05, 3.63) is 35.5 Å². The molecule has 0 spiro atoms. The van der Waals surface area contributed by atoms with Gasteiger partial charge in [-0.25, -0.2) is 0 Å². The molecule has 1 aromatic carbocycles. The molecule has 0 atom stereocenters. The molecule has 0 saturated carbocycles. The summed E-state index contributed by atoms with van der Waals surface area (Å²) < 4.78 is 39.3. The normalized spacial score (nSPS) is 12.3. The maximum atomic E-state index is 12.5. The van der Waals surface area contributed by atoms with Gasteiger partial charge in [0, 0.05) is 30.7 Å². The second kappa shape index (κ2) is 3.52. The molecule has 1 aromatic heterocycles. The number of nitrogens with zero attached hydrogens (tertiary/aromatic N) is 1. The van der Waals surface area contributed by atoms with E-state index in [1.807, 2.05) is 0 Å². The molecule has 0 radical (unpaired) electrons. The second-order valence-corrected chi connectivity index (χ2v) is 3.70. The molecular formula is C11H11F3N2. The summed E-state index contributed by atoms with van der Waals surface area (Å²) >= 11 is 0. The molecule has 0 fully saturated rings. The van der Waals surface area contributed by atoms with E-state index in [4.69, 9.17) is 5.73 Å². The molecule has 0 aliphatic heterocycles. The summed E-state index contributed by atoms with van der Waals surface area (Å²) in [5.74, 6) is 0. The molecule has 16 heavy (non-hydrogen) atoms. The van der Waals surface area contributed by atoms with E-state index in [-0.39, 0.29) is 6.54 Å². The van der Waals surface area contributed by atoms with Crippen LogP contribution in [-0.4, -0.2) is 4.57 Å². The maximum Gasteiger partial charge on any atom is 0.416 e. The van der Waals surface area contributed by atoms with Gasteiger partial charge < -0.3 is 10.3 Å². The lowest BCUT2D eigenvalue weighted by atomic mass is 10.1. The number of alkyl halides is 3. The van der Waals surface area contributed by atoms with Crippen LogP contribution in [0.5, 0.6) is 0 Å². The Kier molecular flexibility index (Phi) is 2.42. The predicted molar refractivity (Wildman–Crippen MR) is 55.8 cm³/mol. The molecule has 1 heterocycles. The maximum absolute atomic E-state index is 12.5. The molecule has 0 bridgehead atoms. The molecule has 0 aliphatic carbocycles. The third-order valence-electron chi connectivity index (χ3n) is 2.62. The number of rotatable bonds is 1. The number of benzene rings is 1. The zero-order valence-electron chi connectivity index (χ0n) is 8.67. The highest BCUT2D eigenvalue weighted by Gasteiger charge is 2.30. The van der Waals surface area contributed by atoms with Crippen LogP contribution in [-0.2, 0) is 19.8 Å². The quantitative estimate of drug-likeness (QED) is 0.799. The van der Waals surface area contributed by atoms with Crippen LogP contribution >= 0.6 is 0 Å². The Labute approximate surface area is 90.5 Å². The van der Waals surface area contributed by atoms with Crippen molar-refractivity contribution in [1.29, 1.82) is 0 Å². The average Bonchev–Trinajstić information content (AvgIpc) is 2.54. The van der Waals surface area contributed by atoms with E-state index in [9.17, 15) is 13.2 Å². The van der Waals surface area contributed by atoms with Gasteiger partial charge in [-0.05, 0) is 23.8 Å². The van der Waals surface area contributed by atoms with Crippen molar-refractivity contribution in [1.82, 2.24) is 4.57 Å². The molecule has 5 heteroatoms. The highest BCUT2D eigenvalue weighted by atomic mass is 19.4. The van der Waals surface area contributed by atoms with Crippen LogP contribution in [0.3, 0.4) is 0 Å². The fourth-order valence-electron chi connectivity index (χ4n) is 1.81. The van der Waals surface area contributed by atoms with Gasteiger partial charge in [0.2, 0.25) is 0 Å². The van der Waals surface area contributed by atoms with Gasteiger partial charge in [-0.3, -0.25) is 0 Å². The highest BCUT2D eigenvalue weighted by Crippen LogP contribution is 2.32. The van der Waals surface area contributed by atoms with Crippen molar-refractivity contribution in [2.45, 2.75) is 12.7 Å². The molecule has 86 valence electrons. The summed E-state index contributed by atoms with van der Waals surface area (Å²) in [4.78, 5) is 0. The van der Waals surface area contributed by atoms with Crippen molar-refractivity contribution < 1.29 is 13.2 Å². The average molecular weight is 228 g/mol. The lowest BCUT2D eigenvalue weighted by molar-refractivity contribution is -0.137. The van der Waals surface area contributed by atoms with E-state index in [1.54, 1.807) is 17.8 Å². The third-order valence-corrected chi connectivity index (χ3v) is 2.62. The highest BCUT2D eigenvalue weighted by molar-refractivity contribution is 5.84. The van der Waals surface area contributed by atoms with Gasteiger partial charge in [-0.1, -0.05) is 0 Å². The number of aromatic nitrogens is 1. The summed E-state index contributed by atoms with van der Waals surface area (Å²) in [5, 5.41) is 0.569. The first kappa shape index (κ1) is 11.0. The molecular weight excluding hydrogens is 217 g/mol. The number of nitrogens with two attached hydrogens (primary N) is 1. The molecule has 0 aliphatic rings. The Morgan fingerprint density at radius 3 is 2.56 bits per heavy atom. The minimum Gasteiger partial charge on any atom is -0.350 e. The van der Waals surface area contributed by atoms with Crippen molar-refractivity contribution >= 4 is 10.9 Å². The summed E-state index contributed by atoms with van der Waals surface area (Å²) in [6.45, 7) is 0.235. The number of hydrogen-bond donors (Lipinski definition) is 1. The zero-order valence-corrected chi connectivity index (χ0v) is 8.67. The van der Waals surface area contributed by atoms with Gasteiger partial charge in [0.1, 0.15) is 0 Å². The van der Waals surface area contributed by atoms with Gasteiger partial charge in [0.15, 0.2) is 0 Å². The Morgan fingerprint density at radius 2 is 2.00 bits per heavy atom. The minimum absolute atomic E-state index is 0.235. The molecule has 0 saturated heterocycles. The van der Waals surface area contributed by atoms with Crippen molar-refractivity contribution in [3.63, 3.8) is 0 Å². The number of halogens is 3. The number of fused-ring (bicyclic) bond motifs is 1. The lowest BCUT2D eigenvalue weighted by Gasteiger charge is -2.07. The molecule has 0 unspecified atom stereocenters. The summed E-state index contributed by atoms with van der Waals surface area (Å²) in [7, 11) is 1.79. The van der Waals surface area contributed by atoms with E-state index in [0.717, 1.165) is 23.2 Å². The Balaban J connectivity index is 2.69. The number of aryl methyl sites for hydroxylation is 1. The summed E-state index contributed by atoms with van der Waals surface area (Å²) in [6.07, 6.45) is -2.55. The standard InChI is InChI=1S/C11H11F3N2/c1-16-6-7(5-15)9-4-8(11(12,13)14)2-3-10(9)16/h2-4,6H,5,15H2,1H3. The van der Waals surface area contributed by atoms with Crippen LogP contribution in [0, 0.1) is 0 Å². The SMILES string of the molecule is Cn1cc(CN)c2cc(C(F)(F)F)ccc21. The molecule has 2 aromatic rings. The van der Waals surface area contributed by atoms with E-state index in [0.29, 0.717) is 5.39 Å². The van der Waals surface area contributed by atoms with Crippen molar-refractivity contribution in [2.75, 3.05) is 0 Å². The first-order valence-electron chi connectivity index (χ1n) is 4.78. The van der Waals surface area contributed by atoms with E-state index < -0.39 is 11.7 Å². The summed E-state index contributed by atoms with van der Waals surface area (Å²) in [5.41, 5.74) is 6.34. The molecule has 2 N–H and O–H groups in total. The van der Waals surface area contributed by atoms with Crippen LogP contribution in [0.4, 0.5) is 13.2 Å². The van der Waals surface area contributed by atoms with E-state index in [2.05, 4.69) is 0 Å². The van der Waals surface area contributed by atoms with Crippen LogP contribution in [0.2, 0.25) is 0 Å². The van der Waals surface area contributed by atoms with E-state index in [1.165, 1.54) is 6.07 Å². The largest absolute Gasteiger partial charge is 0.416 e. The van der Waals surface area contributed by atoms with Gasteiger partial charge >= 0.3 is 6.18 Å². The van der Waals surface area contributed by atoms with Gasteiger partial charge in [0.25, 0.3) is 0 Å². The summed E-state index contributed by atoms with van der Waals surface area (Å²) in [6, 6.07) is 3.71. The van der Waals surface area contributed by atoms with Crippen LogP contribution in [0.25, 0.3) is 10.9 Å². The van der Waals surface area contributed by atoms with E-state index >= 15 is 0 Å². The lowest BCUT2D eigenvalue weighted by Crippen LogP contribution is -2.04. The fraction of sp³-hybridized carbons (Fsp3) is 0.273. The van der Waals surface area contributed by atoms with Crippen molar-refractivity contribution in [3.8, 4) is 0 Å². The van der Waals surface area contributed by atoms with Crippen LogP contribution in [0.15, 0.2) is 24.4 Å². The minimum atomic E-state index is -4.31. The van der Waals surface area contributed by atoms with Gasteiger partial charge in [0.05, 0.1) is 5.56 Å². The van der Waals surface area contributed by atoms with Gasteiger partial charge in [-0.15, -0.1) is 0 Å². The fourth-order valence-corrected chi connectivity index (χ4v) is 1.81. The Morgan fingerprint density at radius 1 is 1.31 bits per heavy atom. The smallest absolute Gasteiger partial charge is 0.350 e. The molecule has 0 amide bonds. The third kappa shape index (κ3) is 1.67. The zero-order chi connectivity index (χ0) is 11.9. The Bertz CT molecular complexity index is 526. The first-order valence-corrected chi connectivity index (χ1v) is 4.78. The Hall–Kier alpha value is -1.49. The number of hydrogen-bond acceptors (Lipinski definition) is 1. The molecule has 2 rings (SSSR count).